The zero-order valence-electron chi connectivity index (χ0n) is 14.5. The molecule has 0 aromatic heterocycles. The molecule has 134 valence electrons. The second kappa shape index (κ2) is 7.99. The van der Waals surface area contributed by atoms with Gasteiger partial charge in [0.15, 0.2) is 5.79 Å². The maximum atomic E-state index is 14.3. The van der Waals surface area contributed by atoms with Crippen LogP contribution in [0.1, 0.15) is 39.4 Å². The summed E-state index contributed by atoms with van der Waals surface area (Å²) in [6.45, 7) is 7.76. The lowest BCUT2D eigenvalue weighted by atomic mass is 10.1. The second-order valence-electron chi connectivity index (χ2n) is 6.06. The van der Waals surface area contributed by atoms with E-state index in [4.69, 9.17) is 31.2 Å². The summed E-state index contributed by atoms with van der Waals surface area (Å²) in [4.78, 5) is 0. The topological polar surface area (TPSA) is 36.9 Å². The third-order valence-corrected chi connectivity index (χ3v) is 4.75. The average Bonchev–Trinajstić information content (AvgIpc) is 2.87. The van der Waals surface area contributed by atoms with E-state index in [1.807, 2.05) is 27.0 Å². The van der Waals surface area contributed by atoms with Crippen LogP contribution in [0.4, 0.5) is 4.39 Å². The van der Waals surface area contributed by atoms with Gasteiger partial charge in [0.25, 0.3) is 0 Å². The lowest BCUT2D eigenvalue weighted by Gasteiger charge is -2.25. The molecule has 7 heteroatoms. The van der Waals surface area contributed by atoms with Crippen LogP contribution in [0.15, 0.2) is 18.2 Å². The summed E-state index contributed by atoms with van der Waals surface area (Å²) in [5.41, 5.74) is 0.346. The van der Waals surface area contributed by atoms with E-state index in [1.54, 1.807) is 19.1 Å². The van der Waals surface area contributed by atoms with Gasteiger partial charge < -0.3 is 18.9 Å². The number of thiocarbonyl (C=S) groups is 1. The van der Waals surface area contributed by atoms with Crippen molar-refractivity contribution in [2.75, 3.05) is 12.9 Å². The van der Waals surface area contributed by atoms with Crippen LogP contribution < -0.4 is 4.74 Å². The highest BCUT2D eigenvalue weighted by molar-refractivity contribution is 8.22. The average molecular weight is 374 g/mol. The molecule has 4 nitrogen and oxygen atoms in total. The zero-order valence-corrected chi connectivity index (χ0v) is 16.1. The lowest BCUT2D eigenvalue weighted by molar-refractivity contribution is -0.147. The predicted molar refractivity (Wildman–Crippen MR) is 97.0 cm³/mol. The zero-order chi connectivity index (χ0) is 17.9. The number of halogens is 1. The van der Waals surface area contributed by atoms with Crippen molar-refractivity contribution in [3.63, 3.8) is 0 Å². The number of benzene rings is 1. The molecule has 0 N–H and O–H groups in total. The van der Waals surface area contributed by atoms with Gasteiger partial charge in [-0.3, -0.25) is 0 Å². The molecule has 0 saturated carbocycles. The Morgan fingerprint density at radius 3 is 2.71 bits per heavy atom. The Morgan fingerprint density at radius 1 is 1.42 bits per heavy atom. The molecule has 1 aliphatic heterocycles. The Morgan fingerprint density at radius 2 is 2.12 bits per heavy atom. The summed E-state index contributed by atoms with van der Waals surface area (Å²) >= 11 is 6.36. The van der Waals surface area contributed by atoms with Crippen LogP contribution in [0.5, 0.6) is 5.75 Å². The Balaban J connectivity index is 2.15. The smallest absolute Gasteiger partial charge is 0.220 e. The van der Waals surface area contributed by atoms with Crippen molar-refractivity contribution < 1.29 is 23.3 Å². The molecule has 3 atom stereocenters. The summed E-state index contributed by atoms with van der Waals surface area (Å²) in [6.07, 6.45) is 0.742. The molecule has 2 rings (SSSR count). The van der Waals surface area contributed by atoms with Crippen molar-refractivity contribution in [2.24, 2.45) is 0 Å². The predicted octanol–water partition coefficient (Wildman–Crippen LogP) is 4.47. The normalized spacial score (nSPS) is 22.0. The van der Waals surface area contributed by atoms with Crippen molar-refractivity contribution in [3.8, 4) is 5.75 Å². The summed E-state index contributed by atoms with van der Waals surface area (Å²) in [5, 5.41) is 0. The van der Waals surface area contributed by atoms with E-state index in [9.17, 15) is 4.39 Å². The van der Waals surface area contributed by atoms with Crippen LogP contribution in [0.3, 0.4) is 0 Å². The minimum absolute atomic E-state index is 0.223. The minimum Gasteiger partial charge on any atom is -0.487 e. The van der Waals surface area contributed by atoms with Crippen LogP contribution in [0.2, 0.25) is 0 Å². The summed E-state index contributed by atoms with van der Waals surface area (Å²) in [7, 11) is 0. The molecule has 1 saturated heterocycles. The fraction of sp³-hybridized carbons (Fsp3) is 0.588. The number of hydrogen-bond acceptors (Lipinski definition) is 6. The van der Waals surface area contributed by atoms with E-state index in [2.05, 4.69) is 0 Å². The Hall–Kier alpha value is -0.890. The standard InChI is InChI=1S/C17H23FO4S2/c1-10(14-9-19-17(3,4)22-14)20-13-8-6-7-12(18)15(13)11(2)21-16(23)24-5/h6-8,10-11,14H,9H2,1-5H3/t10-,11-,14-/m0/s1. The molecule has 1 aliphatic rings. The fourth-order valence-electron chi connectivity index (χ4n) is 2.49. The highest BCUT2D eigenvalue weighted by Crippen LogP contribution is 2.33. The van der Waals surface area contributed by atoms with Gasteiger partial charge in [-0.15, -0.1) is 0 Å². The van der Waals surface area contributed by atoms with Gasteiger partial charge >= 0.3 is 0 Å². The molecule has 0 bridgehead atoms. The summed E-state index contributed by atoms with van der Waals surface area (Å²) in [5.74, 6) is -0.596. The van der Waals surface area contributed by atoms with Gasteiger partial charge in [0.2, 0.25) is 4.38 Å². The molecule has 0 radical (unpaired) electrons. The van der Waals surface area contributed by atoms with Crippen molar-refractivity contribution in [1.82, 2.24) is 0 Å². The first-order valence-electron chi connectivity index (χ1n) is 7.75. The van der Waals surface area contributed by atoms with Gasteiger partial charge in [0, 0.05) is 0 Å². The fourth-order valence-corrected chi connectivity index (χ4v) is 2.87. The Kier molecular flexibility index (Phi) is 6.47. The third-order valence-electron chi connectivity index (χ3n) is 3.73. The van der Waals surface area contributed by atoms with E-state index in [-0.39, 0.29) is 18.0 Å². The molecule has 1 aromatic carbocycles. The Labute approximate surface area is 152 Å². The first-order chi connectivity index (χ1) is 11.2. The van der Waals surface area contributed by atoms with E-state index >= 15 is 0 Å². The lowest BCUT2D eigenvalue weighted by Crippen LogP contribution is -2.33. The van der Waals surface area contributed by atoms with Crippen LogP contribution in [0.25, 0.3) is 0 Å². The number of ether oxygens (including phenoxy) is 4. The highest BCUT2D eigenvalue weighted by Gasteiger charge is 2.37. The highest BCUT2D eigenvalue weighted by atomic mass is 32.2. The van der Waals surface area contributed by atoms with Crippen molar-refractivity contribution in [1.29, 1.82) is 0 Å². The number of rotatable bonds is 5. The number of hydrogen-bond donors (Lipinski definition) is 0. The molecule has 1 heterocycles. The third kappa shape index (κ3) is 4.81. The van der Waals surface area contributed by atoms with Crippen molar-refractivity contribution >= 4 is 28.4 Å². The van der Waals surface area contributed by atoms with E-state index in [0.29, 0.717) is 22.3 Å². The molecule has 1 aromatic rings. The van der Waals surface area contributed by atoms with Crippen LogP contribution in [-0.2, 0) is 14.2 Å². The van der Waals surface area contributed by atoms with Crippen LogP contribution in [0, 0.1) is 5.82 Å². The second-order valence-corrected chi connectivity index (χ2v) is 7.46. The first-order valence-corrected chi connectivity index (χ1v) is 9.38. The van der Waals surface area contributed by atoms with Gasteiger partial charge in [0.05, 0.1) is 12.2 Å². The van der Waals surface area contributed by atoms with Crippen molar-refractivity contribution in [2.45, 2.75) is 51.8 Å². The van der Waals surface area contributed by atoms with Gasteiger partial charge in [-0.1, -0.05) is 17.8 Å². The van der Waals surface area contributed by atoms with E-state index in [0.717, 1.165) is 0 Å². The van der Waals surface area contributed by atoms with Gasteiger partial charge in [-0.2, -0.15) is 0 Å². The van der Waals surface area contributed by atoms with E-state index in [1.165, 1.54) is 17.8 Å². The van der Waals surface area contributed by atoms with Crippen LogP contribution >= 0.6 is 24.0 Å². The SMILES string of the molecule is CSC(=S)O[C@@H](C)c1c(F)cccc1O[C@@H](C)[C@@H]1COC(C)(C)O1. The molecule has 1 fully saturated rings. The minimum atomic E-state index is -0.631. The van der Waals surface area contributed by atoms with Gasteiger partial charge in [-0.05, 0) is 58.3 Å². The summed E-state index contributed by atoms with van der Waals surface area (Å²) < 4.78 is 37.6. The first kappa shape index (κ1) is 19.4. The van der Waals surface area contributed by atoms with Gasteiger partial charge in [-0.25, -0.2) is 4.39 Å². The molecule has 0 aliphatic carbocycles. The molecular formula is C17H23FO4S2. The largest absolute Gasteiger partial charge is 0.487 e. The number of thioether (sulfide) groups is 1. The van der Waals surface area contributed by atoms with Crippen LogP contribution in [-0.4, -0.2) is 35.2 Å². The Bertz CT molecular complexity index is 594. The molecular weight excluding hydrogens is 351 g/mol. The summed E-state index contributed by atoms with van der Waals surface area (Å²) in [6, 6.07) is 4.71. The van der Waals surface area contributed by atoms with E-state index < -0.39 is 11.9 Å². The van der Waals surface area contributed by atoms with Crippen molar-refractivity contribution in [3.05, 3.63) is 29.6 Å². The quantitative estimate of drug-likeness (QED) is 0.708. The maximum absolute atomic E-state index is 14.3. The molecule has 0 amide bonds. The molecule has 0 spiro atoms. The van der Waals surface area contributed by atoms with Gasteiger partial charge in [0.1, 0.15) is 29.9 Å². The monoisotopic (exact) mass is 374 g/mol. The molecule has 24 heavy (non-hydrogen) atoms. The maximum Gasteiger partial charge on any atom is 0.220 e. The molecule has 0 unspecified atom stereocenters.